The molecule has 1 heterocycles. The predicted octanol–water partition coefficient (Wildman–Crippen LogP) is 3.62. The summed E-state index contributed by atoms with van der Waals surface area (Å²) in [6.07, 6.45) is 0. The minimum absolute atomic E-state index is 0.0241. The number of aromatic amines is 1. The lowest BCUT2D eigenvalue weighted by Gasteiger charge is -2.11. The smallest absolute Gasteiger partial charge is 0.244 e. The third-order valence-corrected chi connectivity index (χ3v) is 5.36. The van der Waals surface area contributed by atoms with Gasteiger partial charge in [-0.15, -0.1) is 0 Å². The van der Waals surface area contributed by atoms with E-state index in [-0.39, 0.29) is 17.2 Å². The fraction of sp³-hybridized carbons (Fsp3) is 0.176. The zero-order chi connectivity index (χ0) is 17.3. The Balaban J connectivity index is 1.85. The van der Waals surface area contributed by atoms with Crippen LogP contribution in [0.15, 0.2) is 47.4 Å². The van der Waals surface area contributed by atoms with E-state index in [2.05, 4.69) is 9.71 Å². The molecule has 0 aliphatic carbocycles. The monoisotopic (exact) mass is 364 g/mol. The molecule has 0 saturated carbocycles. The van der Waals surface area contributed by atoms with Crippen molar-refractivity contribution in [1.29, 1.82) is 0 Å². The number of halogens is 1. The van der Waals surface area contributed by atoms with E-state index < -0.39 is 10.0 Å². The molecule has 7 heteroatoms. The van der Waals surface area contributed by atoms with E-state index >= 15 is 0 Å². The Bertz CT molecular complexity index is 996. The topological polar surface area (TPSA) is 71.2 Å². The Hall–Kier alpha value is -2.02. The molecule has 0 aliphatic rings. The van der Waals surface area contributed by atoms with Crippen LogP contribution in [-0.4, -0.2) is 20.5 Å². The average Bonchev–Trinajstić information content (AvgIpc) is 2.92. The molecule has 5 nitrogen and oxygen atoms in total. The third kappa shape index (κ3) is 3.40. The summed E-state index contributed by atoms with van der Waals surface area (Å²) in [5.74, 6) is 0.253. The summed E-state index contributed by atoms with van der Waals surface area (Å²) >= 11 is 5.91. The van der Waals surface area contributed by atoms with E-state index in [0.717, 1.165) is 22.2 Å². The lowest BCUT2D eigenvalue weighted by Crippen LogP contribution is -2.23. The second kappa shape index (κ2) is 6.47. The highest BCUT2D eigenvalue weighted by Gasteiger charge is 2.19. The van der Waals surface area contributed by atoms with Crippen LogP contribution >= 0.6 is 11.6 Å². The van der Waals surface area contributed by atoms with Crippen molar-refractivity contribution in [3.05, 3.63) is 58.7 Å². The van der Waals surface area contributed by atoms with Crippen LogP contribution in [0.2, 0.25) is 5.02 Å². The molecule has 1 aromatic heterocycles. The van der Waals surface area contributed by atoms with Crippen molar-refractivity contribution in [3.8, 4) is 5.75 Å². The molecule has 24 heavy (non-hydrogen) atoms. The molecule has 0 unspecified atom stereocenters. The number of rotatable bonds is 5. The molecule has 126 valence electrons. The molecule has 0 atom stereocenters. The Morgan fingerprint density at radius 2 is 1.96 bits per heavy atom. The molecular weight excluding hydrogens is 348 g/mol. The third-order valence-electron chi connectivity index (χ3n) is 3.70. The summed E-state index contributed by atoms with van der Waals surface area (Å²) in [6, 6.07) is 12.3. The van der Waals surface area contributed by atoms with Crippen LogP contribution < -0.4 is 9.46 Å². The molecule has 0 aliphatic heterocycles. The van der Waals surface area contributed by atoms with Crippen LogP contribution in [0.5, 0.6) is 5.75 Å². The van der Waals surface area contributed by atoms with Crippen molar-refractivity contribution >= 4 is 32.5 Å². The van der Waals surface area contributed by atoms with Gasteiger partial charge in [0.2, 0.25) is 10.0 Å². The Labute approximate surface area is 145 Å². The molecule has 0 saturated heterocycles. The summed E-state index contributed by atoms with van der Waals surface area (Å²) in [4.78, 5) is 3.26. The summed E-state index contributed by atoms with van der Waals surface area (Å²) in [7, 11) is -2.32. The van der Waals surface area contributed by atoms with E-state index in [4.69, 9.17) is 16.3 Å². The first kappa shape index (κ1) is 16.8. The van der Waals surface area contributed by atoms with Gasteiger partial charge >= 0.3 is 0 Å². The second-order valence-electron chi connectivity index (χ2n) is 5.49. The highest BCUT2D eigenvalue weighted by atomic mass is 35.5. The highest BCUT2D eigenvalue weighted by molar-refractivity contribution is 7.89. The number of hydrogen-bond acceptors (Lipinski definition) is 3. The molecule has 3 rings (SSSR count). The van der Waals surface area contributed by atoms with Gasteiger partial charge in [0.25, 0.3) is 0 Å². The standard InChI is InChI=1S/C17H17ClN2O3S/c1-11-7-13-8-12(3-5-15(13)20-11)10-19-24(21,22)17-9-14(18)4-6-16(17)23-2/h3-9,19-20H,10H2,1-2H3. The Kier molecular flexibility index (Phi) is 4.54. The second-order valence-corrected chi connectivity index (χ2v) is 7.67. The Morgan fingerprint density at radius 3 is 2.71 bits per heavy atom. The summed E-state index contributed by atoms with van der Waals surface area (Å²) in [5.41, 5.74) is 2.95. The molecule has 0 bridgehead atoms. The number of fused-ring (bicyclic) bond motifs is 1. The number of H-pyrrole nitrogens is 1. The summed E-state index contributed by atoms with van der Waals surface area (Å²) in [5, 5.41) is 1.38. The van der Waals surface area contributed by atoms with Gasteiger partial charge in [-0.2, -0.15) is 0 Å². The number of nitrogens with one attached hydrogen (secondary N) is 2. The SMILES string of the molecule is COc1ccc(Cl)cc1S(=O)(=O)NCc1ccc2[nH]c(C)cc2c1. The van der Waals surface area contributed by atoms with Gasteiger partial charge in [-0.3, -0.25) is 0 Å². The van der Waals surface area contributed by atoms with E-state index in [1.54, 1.807) is 6.07 Å². The van der Waals surface area contributed by atoms with Crippen molar-refractivity contribution < 1.29 is 13.2 Å². The molecule has 3 aromatic rings. The number of aryl methyl sites for hydroxylation is 1. The maximum Gasteiger partial charge on any atom is 0.244 e. The van der Waals surface area contributed by atoms with Crippen molar-refractivity contribution in [1.82, 2.24) is 9.71 Å². The van der Waals surface area contributed by atoms with Crippen LogP contribution in [-0.2, 0) is 16.6 Å². The van der Waals surface area contributed by atoms with Crippen molar-refractivity contribution in [2.45, 2.75) is 18.4 Å². The van der Waals surface area contributed by atoms with Gasteiger partial charge in [0.1, 0.15) is 10.6 Å². The van der Waals surface area contributed by atoms with Gasteiger partial charge in [-0.25, -0.2) is 13.1 Å². The normalized spacial score (nSPS) is 11.8. The summed E-state index contributed by atoms with van der Waals surface area (Å²) in [6.45, 7) is 2.16. The number of methoxy groups -OCH3 is 1. The van der Waals surface area contributed by atoms with Gasteiger partial charge in [0, 0.05) is 22.8 Å². The maximum absolute atomic E-state index is 12.5. The minimum Gasteiger partial charge on any atom is -0.495 e. The molecule has 0 radical (unpaired) electrons. The first-order valence-corrected chi connectivity index (χ1v) is 9.16. The van der Waals surface area contributed by atoms with Gasteiger partial charge in [0.05, 0.1) is 7.11 Å². The van der Waals surface area contributed by atoms with Gasteiger partial charge in [-0.1, -0.05) is 17.7 Å². The Morgan fingerprint density at radius 1 is 1.17 bits per heavy atom. The predicted molar refractivity (Wildman–Crippen MR) is 95.1 cm³/mol. The van der Waals surface area contributed by atoms with Crippen LogP contribution in [0.1, 0.15) is 11.3 Å². The van der Waals surface area contributed by atoms with Gasteiger partial charge < -0.3 is 9.72 Å². The van der Waals surface area contributed by atoms with Crippen molar-refractivity contribution in [3.63, 3.8) is 0 Å². The first-order chi connectivity index (χ1) is 11.4. The number of hydrogen-bond donors (Lipinski definition) is 2. The zero-order valence-corrected chi connectivity index (χ0v) is 14.8. The molecule has 2 aromatic carbocycles. The van der Waals surface area contributed by atoms with Crippen LogP contribution in [0, 0.1) is 6.92 Å². The minimum atomic E-state index is -3.74. The number of benzene rings is 2. The number of sulfonamides is 1. The fourth-order valence-electron chi connectivity index (χ4n) is 2.55. The van der Waals surface area contributed by atoms with E-state index in [9.17, 15) is 8.42 Å². The molecule has 0 spiro atoms. The molecule has 0 fully saturated rings. The van der Waals surface area contributed by atoms with Crippen LogP contribution in [0.4, 0.5) is 0 Å². The van der Waals surface area contributed by atoms with Crippen molar-refractivity contribution in [2.24, 2.45) is 0 Å². The number of ether oxygens (including phenoxy) is 1. The largest absolute Gasteiger partial charge is 0.495 e. The van der Waals surface area contributed by atoms with E-state index in [1.165, 1.54) is 19.2 Å². The van der Waals surface area contributed by atoms with Gasteiger partial charge in [-0.05, 0) is 54.3 Å². The van der Waals surface area contributed by atoms with E-state index in [1.807, 2.05) is 31.2 Å². The maximum atomic E-state index is 12.5. The van der Waals surface area contributed by atoms with Gasteiger partial charge in [0.15, 0.2) is 0 Å². The highest BCUT2D eigenvalue weighted by Crippen LogP contribution is 2.27. The first-order valence-electron chi connectivity index (χ1n) is 7.30. The fourth-order valence-corrected chi connectivity index (χ4v) is 4.00. The quantitative estimate of drug-likeness (QED) is 0.726. The lowest BCUT2D eigenvalue weighted by molar-refractivity contribution is 0.402. The molecule has 0 amide bonds. The average molecular weight is 365 g/mol. The summed E-state index contributed by atoms with van der Waals surface area (Å²) < 4.78 is 32.8. The van der Waals surface area contributed by atoms with Crippen molar-refractivity contribution in [2.75, 3.05) is 7.11 Å². The van der Waals surface area contributed by atoms with Crippen LogP contribution in [0.25, 0.3) is 10.9 Å². The number of aromatic nitrogens is 1. The molecular formula is C17H17ClN2O3S. The molecule has 2 N–H and O–H groups in total. The zero-order valence-electron chi connectivity index (χ0n) is 13.3. The lowest BCUT2D eigenvalue weighted by atomic mass is 10.1. The van der Waals surface area contributed by atoms with E-state index in [0.29, 0.717) is 5.02 Å². The van der Waals surface area contributed by atoms with Crippen LogP contribution in [0.3, 0.4) is 0 Å².